The molecule has 2 aromatic rings. The van der Waals surface area contributed by atoms with Gasteiger partial charge in [-0.25, -0.2) is 4.39 Å². The third-order valence-corrected chi connectivity index (χ3v) is 5.97. The van der Waals surface area contributed by atoms with E-state index in [0.29, 0.717) is 36.5 Å². The van der Waals surface area contributed by atoms with E-state index < -0.39 is 0 Å². The van der Waals surface area contributed by atoms with E-state index in [1.807, 2.05) is 11.8 Å². The van der Waals surface area contributed by atoms with Gasteiger partial charge < -0.3 is 9.80 Å². The highest BCUT2D eigenvalue weighted by Crippen LogP contribution is 2.33. The lowest BCUT2D eigenvalue weighted by atomic mass is 10.0. The molecule has 2 aliphatic rings. The van der Waals surface area contributed by atoms with Gasteiger partial charge in [-0.2, -0.15) is 0 Å². The number of hydrogen-bond acceptors (Lipinski definition) is 4. The van der Waals surface area contributed by atoms with Gasteiger partial charge in [-0.15, -0.1) is 0 Å². The number of unbranched alkanes of at least 4 members (excludes halogenated alkanes) is 1. The number of hydrogen-bond donors (Lipinski definition) is 0. The number of anilines is 1. The molecule has 0 N–H and O–H groups in total. The van der Waals surface area contributed by atoms with Crippen LogP contribution < -0.4 is 4.90 Å². The summed E-state index contributed by atoms with van der Waals surface area (Å²) in [5, 5.41) is 0. The molecule has 2 aromatic carbocycles. The summed E-state index contributed by atoms with van der Waals surface area (Å²) in [5.74, 6) is -0.875. The van der Waals surface area contributed by atoms with E-state index in [2.05, 4.69) is 36.1 Å². The van der Waals surface area contributed by atoms with E-state index in [-0.39, 0.29) is 17.6 Å². The van der Waals surface area contributed by atoms with Gasteiger partial charge in [-0.3, -0.25) is 14.5 Å². The number of carbonyl (C=O) groups is 2. The molecule has 0 spiro atoms. The molecule has 162 valence electrons. The van der Waals surface area contributed by atoms with Gasteiger partial charge in [0.2, 0.25) is 0 Å². The zero-order chi connectivity index (χ0) is 22.0. The van der Waals surface area contributed by atoms with Crippen LogP contribution in [-0.2, 0) is 9.59 Å². The van der Waals surface area contributed by atoms with Gasteiger partial charge in [0.1, 0.15) is 11.5 Å². The number of halogens is 1. The minimum atomic E-state index is -0.364. The molecule has 0 saturated carbocycles. The van der Waals surface area contributed by atoms with Crippen molar-refractivity contribution < 1.29 is 14.0 Å². The van der Waals surface area contributed by atoms with Crippen LogP contribution >= 0.6 is 0 Å². The predicted molar refractivity (Wildman–Crippen MR) is 120 cm³/mol. The third-order valence-electron chi connectivity index (χ3n) is 5.97. The van der Waals surface area contributed by atoms with Crippen molar-refractivity contribution in [2.75, 3.05) is 37.6 Å². The number of carbonyl (C=O) groups excluding carboxylic acids is 2. The van der Waals surface area contributed by atoms with Crippen LogP contribution in [0.3, 0.4) is 0 Å². The Balaban J connectivity index is 1.62. The zero-order valence-electron chi connectivity index (χ0n) is 18.1. The lowest BCUT2D eigenvalue weighted by Crippen LogP contribution is -2.47. The second kappa shape index (κ2) is 8.92. The standard InChI is InChI=1S/C25H28FN3O2/c1-3-4-12-29-24(30)22(19-8-10-20(26)11-9-19)23(25(29)31)28-15-13-27(14-16-28)21-7-5-6-18(2)17-21/h5-11,17H,3-4,12-16H2,1-2H3. The Morgan fingerprint density at radius 2 is 1.58 bits per heavy atom. The van der Waals surface area contributed by atoms with Gasteiger partial charge in [-0.05, 0) is 48.7 Å². The highest BCUT2D eigenvalue weighted by atomic mass is 19.1. The Morgan fingerprint density at radius 3 is 2.23 bits per heavy atom. The van der Waals surface area contributed by atoms with Gasteiger partial charge in [0, 0.05) is 38.4 Å². The van der Waals surface area contributed by atoms with Crippen LogP contribution in [0.5, 0.6) is 0 Å². The summed E-state index contributed by atoms with van der Waals surface area (Å²) in [6.07, 6.45) is 1.66. The van der Waals surface area contributed by atoms with Crippen LogP contribution in [0.25, 0.3) is 5.57 Å². The molecule has 6 heteroatoms. The molecule has 2 amide bonds. The second-order valence-corrected chi connectivity index (χ2v) is 8.16. The van der Waals surface area contributed by atoms with Crippen molar-refractivity contribution >= 4 is 23.1 Å². The van der Waals surface area contributed by atoms with Crippen molar-refractivity contribution in [2.24, 2.45) is 0 Å². The van der Waals surface area contributed by atoms with Crippen LogP contribution in [0.2, 0.25) is 0 Å². The number of nitrogens with zero attached hydrogens (tertiary/aromatic N) is 3. The van der Waals surface area contributed by atoms with E-state index in [0.717, 1.165) is 25.9 Å². The van der Waals surface area contributed by atoms with E-state index in [1.165, 1.54) is 28.3 Å². The first kappa shape index (κ1) is 21.1. The lowest BCUT2D eigenvalue weighted by Gasteiger charge is -2.37. The Labute approximate surface area is 182 Å². The van der Waals surface area contributed by atoms with Gasteiger partial charge in [0.25, 0.3) is 11.8 Å². The first-order chi connectivity index (χ1) is 15.0. The monoisotopic (exact) mass is 421 g/mol. The number of amides is 2. The minimum Gasteiger partial charge on any atom is -0.368 e. The predicted octanol–water partition coefficient (Wildman–Crippen LogP) is 3.84. The number of rotatable bonds is 6. The molecule has 1 saturated heterocycles. The van der Waals surface area contributed by atoms with E-state index in [4.69, 9.17) is 0 Å². The van der Waals surface area contributed by atoms with E-state index in [1.54, 1.807) is 12.1 Å². The summed E-state index contributed by atoms with van der Waals surface area (Å²) < 4.78 is 13.5. The molecule has 2 aliphatic heterocycles. The molecule has 1 fully saturated rings. The summed E-state index contributed by atoms with van der Waals surface area (Å²) in [6.45, 7) is 7.34. The highest BCUT2D eigenvalue weighted by molar-refractivity contribution is 6.35. The number of imide groups is 1. The molecule has 0 radical (unpaired) electrons. The van der Waals surface area contributed by atoms with Gasteiger partial charge >= 0.3 is 0 Å². The highest BCUT2D eigenvalue weighted by Gasteiger charge is 2.41. The van der Waals surface area contributed by atoms with Crippen molar-refractivity contribution in [3.05, 3.63) is 71.2 Å². The first-order valence-electron chi connectivity index (χ1n) is 10.9. The number of piperazine rings is 1. The maximum atomic E-state index is 13.5. The van der Waals surface area contributed by atoms with Gasteiger partial charge in [0.05, 0.1) is 5.57 Å². The van der Waals surface area contributed by atoms with Crippen LogP contribution in [-0.4, -0.2) is 54.3 Å². The fourth-order valence-corrected chi connectivity index (χ4v) is 4.27. The summed E-state index contributed by atoms with van der Waals surface area (Å²) >= 11 is 0. The summed E-state index contributed by atoms with van der Waals surface area (Å²) in [4.78, 5) is 32.2. The zero-order valence-corrected chi connectivity index (χ0v) is 18.1. The maximum absolute atomic E-state index is 13.5. The normalized spacial score (nSPS) is 17.2. The molecule has 4 rings (SSSR count). The van der Waals surface area contributed by atoms with Gasteiger partial charge in [0.15, 0.2) is 0 Å². The largest absolute Gasteiger partial charge is 0.368 e. The number of aryl methyl sites for hydroxylation is 1. The SMILES string of the molecule is CCCCN1C(=O)C(c2ccc(F)cc2)=C(N2CCN(c3cccc(C)c3)CC2)C1=O. The summed E-state index contributed by atoms with van der Waals surface area (Å²) in [6, 6.07) is 14.2. The molecule has 2 heterocycles. The topological polar surface area (TPSA) is 43.9 Å². The van der Waals surface area contributed by atoms with E-state index >= 15 is 0 Å². The molecule has 0 atom stereocenters. The van der Waals surface area contributed by atoms with Crippen molar-refractivity contribution in [3.8, 4) is 0 Å². The summed E-state index contributed by atoms with van der Waals surface area (Å²) in [7, 11) is 0. The summed E-state index contributed by atoms with van der Waals surface area (Å²) in [5.41, 5.74) is 3.83. The quantitative estimate of drug-likeness (QED) is 0.665. The smallest absolute Gasteiger partial charge is 0.277 e. The molecule has 0 aliphatic carbocycles. The Morgan fingerprint density at radius 1 is 0.903 bits per heavy atom. The van der Waals surface area contributed by atoms with Crippen molar-refractivity contribution in [1.29, 1.82) is 0 Å². The van der Waals surface area contributed by atoms with Crippen molar-refractivity contribution in [1.82, 2.24) is 9.80 Å². The van der Waals surface area contributed by atoms with Gasteiger partial charge in [-0.1, -0.05) is 37.6 Å². The fraction of sp³-hybridized carbons (Fsp3) is 0.360. The van der Waals surface area contributed by atoms with Crippen LogP contribution in [0.1, 0.15) is 30.9 Å². The van der Waals surface area contributed by atoms with E-state index in [9.17, 15) is 14.0 Å². The molecule has 0 unspecified atom stereocenters. The molecule has 0 aromatic heterocycles. The molecule has 31 heavy (non-hydrogen) atoms. The average Bonchev–Trinajstić information content (AvgIpc) is 3.02. The molecule has 0 bridgehead atoms. The second-order valence-electron chi connectivity index (χ2n) is 8.16. The third kappa shape index (κ3) is 4.20. The van der Waals surface area contributed by atoms with Crippen molar-refractivity contribution in [3.63, 3.8) is 0 Å². The van der Waals surface area contributed by atoms with Crippen LogP contribution in [0, 0.1) is 12.7 Å². The lowest BCUT2D eigenvalue weighted by molar-refractivity contribution is -0.137. The molecular weight excluding hydrogens is 393 g/mol. The van der Waals surface area contributed by atoms with Crippen molar-refractivity contribution in [2.45, 2.75) is 26.7 Å². The molecule has 5 nitrogen and oxygen atoms in total. The minimum absolute atomic E-state index is 0.234. The Hall–Kier alpha value is -3.15. The maximum Gasteiger partial charge on any atom is 0.277 e. The average molecular weight is 422 g/mol. The number of benzene rings is 2. The molecular formula is C25H28FN3O2. The van der Waals surface area contributed by atoms with Crippen LogP contribution in [0.15, 0.2) is 54.2 Å². The Bertz CT molecular complexity index is 1010. The van der Waals surface area contributed by atoms with Crippen LogP contribution in [0.4, 0.5) is 10.1 Å². The Kier molecular flexibility index (Phi) is 6.07. The fourth-order valence-electron chi connectivity index (χ4n) is 4.27. The first-order valence-corrected chi connectivity index (χ1v) is 10.9.